The van der Waals surface area contributed by atoms with Gasteiger partial charge in [-0.1, -0.05) is 18.2 Å². The zero-order valence-electron chi connectivity index (χ0n) is 12.7. The van der Waals surface area contributed by atoms with Crippen LogP contribution in [0.15, 0.2) is 24.3 Å². The number of carbonyl (C=O) groups excluding carboxylic acids is 1. The summed E-state index contributed by atoms with van der Waals surface area (Å²) in [7, 11) is 1.60. The number of morpholine rings is 1. The topological polar surface area (TPSA) is 76.1 Å². The summed E-state index contributed by atoms with van der Waals surface area (Å²) in [4.78, 5) is 24.9. The van der Waals surface area contributed by atoms with Gasteiger partial charge in [-0.25, -0.2) is 0 Å². The number of ether oxygens (including phenoxy) is 2. The minimum absolute atomic E-state index is 0.0412. The van der Waals surface area contributed by atoms with Crippen LogP contribution in [-0.2, 0) is 20.7 Å². The maximum absolute atomic E-state index is 12.4. The molecule has 1 unspecified atom stereocenters. The third kappa shape index (κ3) is 4.21. The highest BCUT2D eigenvalue weighted by Gasteiger charge is 2.28. The molecule has 1 N–H and O–H groups in total. The quantitative estimate of drug-likeness (QED) is 0.858. The molecule has 0 saturated carbocycles. The normalized spacial score (nSPS) is 18.0. The molecule has 1 heterocycles. The summed E-state index contributed by atoms with van der Waals surface area (Å²) >= 11 is 0. The van der Waals surface area contributed by atoms with Crippen molar-refractivity contribution in [2.75, 3.05) is 26.9 Å². The Hall–Kier alpha value is -2.08. The van der Waals surface area contributed by atoms with Crippen LogP contribution in [0.1, 0.15) is 18.4 Å². The van der Waals surface area contributed by atoms with Gasteiger partial charge in [0.2, 0.25) is 5.91 Å². The van der Waals surface area contributed by atoms with E-state index in [2.05, 4.69) is 0 Å². The number of amides is 1. The van der Waals surface area contributed by atoms with Gasteiger partial charge in [-0.3, -0.25) is 9.59 Å². The van der Waals surface area contributed by atoms with Gasteiger partial charge in [0.05, 0.1) is 32.8 Å². The lowest BCUT2D eigenvalue weighted by Gasteiger charge is -2.35. The van der Waals surface area contributed by atoms with Crippen molar-refractivity contribution in [1.82, 2.24) is 4.90 Å². The fraction of sp³-hybridized carbons (Fsp3) is 0.500. The van der Waals surface area contributed by atoms with Crippen LogP contribution in [0.3, 0.4) is 0 Å². The molecule has 1 saturated heterocycles. The summed E-state index contributed by atoms with van der Waals surface area (Å²) in [5.41, 5.74) is 0.974. The first kappa shape index (κ1) is 16.3. The van der Waals surface area contributed by atoms with Crippen molar-refractivity contribution in [1.29, 1.82) is 0 Å². The summed E-state index contributed by atoms with van der Waals surface area (Å²) in [6, 6.07) is 7.21. The average molecular weight is 307 g/mol. The van der Waals surface area contributed by atoms with E-state index < -0.39 is 5.97 Å². The van der Waals surface area contributed by atoms with Crippen LogP contribution in [0.4, 0.5) is 0 Å². The van der Waals surface area contributed by atoms with Crippen LogP contribution in [0.25, 0.3) is 0 Å². The Kier molecular flexibility index (Phi) is 5.77. The number of hydrogen-bond donors (Lipinski definition) is 1. The minimum Gasteiger partial charge on any atom is -0.496 e. The minimum atomic E-state index is -0.918. The molecule has 1 atom stereocenters. The molecule has 0 aliphatic carbocycles. The number of aliphatic carboxylic acids is 1. The highest BCUT2D eigenvalue weighted by Crippen LogP contribution is 2.20. The lowest BCUT2D eigenvalue weighted by molar-refractivity contribution is -0.146. The predicted molar refractivity (Wildman–Crippen MR) is 79.9 cm³/mol. The molecule has 0 bridgehead atoms. The van der Waals surface area contributed by atoms with E-state index in [1.807, 2.05) is 24.3 Å². The molecule has 1 aromatic rings. The van der Waals surface area contributed by atoms with E-state index in [-0.39, 0.29) is 25.0 Å². The second-order valence-electron chi connectivity index (χ2n) is 5.23. The standard InChI is InChI=1S/C16H21NO5/c1-21-14-5-3-2-4-12(14)6-7-15(18)17-8-9-22-11-13(17)10-16(19)20/h2-5,13H,6-11H2,1H3,(H,19,20). The van der Waals surface area contributed by atoms with Gasteiger partial charge in [0, 0.05) is 13.0 Å². The number of benzene rings is 1. The molecule has 6 heteroatoms. The second-order valence-corrected chi connectivity index (χ2v) is 5.23. The van der Waals surface area contributed by atoms with Crippen LogP contribution in [-0.4, -0.2) is 54.8 Å². The second kappa shape index (κ2) is 7.79. The van der Waals surface area contributed by atoms with E-state index in [4.69, 9.17) is 14.6 Å². The number of aryl methyl sites for hydroxylation is 1. The monoisotopic (exact) mass is 307 g/mol. The average Bonchev–Trinajstić information content (AvgIpc) is 2.52. The zero-order valence-corrected chi connectivity index (χ0v) is 12.7. The number of nitrogens with zero attached hydrogens (tertiary/aromatic N) is 1. The summed E-state index contributed by atoms with van der Waals surface area (Å²) in [5, 5.41) is 8.93. The highest BCUT2D eigenvalue weighted by molar-refractivity contribution is 5.78. The third-order valence-electron chi connectivity index (χ3n) is 3.76. The largest absolute Gasteiger partial charge is 0.496 e. The fourth-order valence-electron chi connectivity index (χ4n) is 2.65. The molecule has 1 aliphatic rings. The van der Waals surface area contributed by atoms with Gasteiger partial charge in [-0.2, -0.15) is 0 Å². The number of para-hydroxylation sites is 1. The number of methoxy groups -OCH3 is 1. The molecule has 1 aromatic carbocycles. The summed E-state index contributed by atoms with van der Waals surface area (Å²) in [5.74, 6) is -0.196. The molecule has 0 radical (unpaired) electrons. The van der Waals surface area contributed by atoms with Gasteiger partial charge in [0.15, 0.2) is 0 Å². The van der Waals surface area contributed by atoms with E-state index >= 15 is 0 Å². The zero-order chi connectivity index (χ0) is 15.9. The van der Waals surface area contributed by atoms with E-state index in [1.165, 1.54) is 0 Å². The first-order valence-corrected chi connectivity index (χ1v) is 7.32. The van der Waals surface area contributed by atoms with Gasteiger partial charge < -0.3 is 19.5 Å². The van der Waals surface area contributed by atoms with Crippen LogP contribution >= 0.6 is 0 Å². The number of carboxylic acids is 1. The Morgan fingerprint density at radius 1 is 1.41 bits per heavy atom. The van der Waals surface area contributed by atoms with Gasteiger partial charge in [0.25, 0.3) is 0 Å². The molecule has 2 rings (SSSR count). The van der Waals surface area contributed by atoms with E-state index in [9.17, 15) is 9.59 Å². The molecular weight excluding hydrogens is 286 g/mol. The van der Waals surface area contributed by atoms with E-state index in [0.29, 0.717) is 26.0 Å². The Morgan fingerprint density at radius 3 is 2.91 bits per heavy atom. The molecule has 1 fully saturated rings. The molecule has 0 aromatic heterocycles. The number of rotatable bonds is 6. The maximum atomic E-state index is 12.4. The van der Waals surface area contributed by atoms with Crippen molar-refractivity contribution < 1.29 is 24.2 Å². The van der Waals surface area contributed by atoms with Crippen molar-refractivity contribution in [2.24, 2.45) is 0 Å². The van der Waals surface area contributed by atoms with Crippen molar-refractivity contribution in [3.05, 3.63) is 29.8 Å². The van der Waals surface area contributed by atoms with E-state index in [1.54, 1.807) is 12.0 Å². The van der Waals surface area contributed by atoms with Crippen molar-refractivity contribution in [3.63, 3.8) is 0 Å². The summed E-state index contributed by atoms with van der Waals surface area (Å²) < 4.78 is 10.6. The van der Waals surface area contributed by atoms with Gasteiger partial charge in [-0.15, -0.1) is 0 Å². The fourth-order valence-corrected chi connectivity index (χ4v) is 2.65. The van der Waals surface area contributed by atoms with Crippen LogP contribution in [0.5, 0.6) is 5.75 Å². The number of carboxylic acid groups (broad SMARTS) is 1. The maximum Gasteiger partial charge on any atom is 0.305 e. The van der Waals surface area contributed by atoms with Crippen molar-refractivity contribution in [3.8, 4) is 5.75 Å². The smallest absolute Gasteiger partial charge is 0.305 e. The Balaban J connectivity index is 1.96. The van der Waals surface area contributed by atoms with Gasteiger partial charge in [0.1, 0.15) is 5.75 Å². The number of hydrogen-bond acceptors (Lipinski definition) is 4. The Bertz CT molecular complexity index is 531. The Labute approximate surface area is 129 Å². The SMILES string of the molecule is COc1ccccc1CCC(=O)N1CCOCC1CC(=O)O. The lowest BCUT2D eigenvalue weighted by atomic mass is 10.1. The molecule has 120 valence electrons. The predicted octanol–water partition coefficient (Wildman–Crippen LogP) is 1.33. The van der Waals surface area contributed by atoms with Gasteiger partial charge >= 0.3 is 5.97 Å². The number of carbonyl (C=O) groups is 2. The first-order chi connectivity index (χ1) is 10.6. The molecule has 22 heavy (non-hydrogen) atoms. The third-order valence-corrected chi connectivity index (χ3v) is 3.76. The first-order valence-electron chi connectivity index (χ1n) is 7.32. The molecule has 1 aliphatic heterocycles. The van der Waals surface area contributed by atoms with Crippen LogP contribution in [0.2, 0.25) is 0 Å². The summed E-state index contributed by atoms with van der Waals surface area (Å²) in [6.07, 6.45) is 0.816. The molecule has 0 spiro atoms. The lowest BCUT2D eigenvalue weighted by Crippen LogP contribution is -2.49. The summed E-state index contributed by atoms with van der Waals surface area (Å²) in [6.45, 7) is 1.19. The molecule has 6 nitrogen and oxygen atoms in total. The van der Waals surface area contributed by atoms with Crippen molar-refractivity contribution in [2.45, 2.75) is 25.3 Å². The Morgan fingerprint density at radius 2 is 2.18 bits per heavy atom. The molecule has 1 amide bonds. The van der Waals surface area contributed by atoms with Gasteiger partial charge in [-0.05, 0) is 18.1 Å². The highest BCUT2D eigenvalue weighted by atomic mass is 16.5. The van der Waals surface area contributed by atoms with Crippen LogP contribution in [0, 0.1) is 0 Å². The molecular formula is C16H21NO5. The van der Waals surface area contributed by atoms with Crippen LogP contribution < -0.4 is 4.74 Å². The van der Waals surface area contributed by atoms with E-state index in [0.717, 1.165) is 11.3 Å². The van der Waals surface area contributed by atoms with Crippen molar-refractivity contribution >= 4 is 11.9 Å².